The number of piperidine rings is 1. The number of hydrogen-bond donors (Lipinski definition) is 1. The fourth-order valence-corrected chi connectivity index (χ4v) is 3.04. The molecular weight excluding hydrogens is 214 g/mol. The number of nitrogens with zero attached hydrogens (tertiary/aromatic N) is 1. The van der Waals surface area contributed by atoms with E-state index in [0.717, 1.165) is 5.75 Å². The summed E-state index contributed by atoms with van der Waals surface area (Å²) in [7, 11) is 2.46. The van der Waals surface area contributed by atoms with Gasteiger partial charge in [-0.2, -0.15) is 12.6 Å². The van der Waals surface area contributed by atoms with Gasteiger partial charge in [0.2, 0.25) is 0 Å². The Bertz CT molecular complexity index is 164. The first-order chi connectivity index (χ1) is 7.77. The van der Waals surface area contributed by atoms with Gasteiger partial charge in [-0.3, -0.25) is 0 Å². The molecule has 96 valence electrons. The van der Waals surface area contributed by atoms with E-state index in [4.69, 9.17) is 0 Å². The number of rotatable bonds is 8. The van der Waals surface area contributed by atoms with Crippen molar-refractivity contribution >= 4 is 12.6 Å². The van der Waals surface area contributed by atoms with Gasteiger partial charge in [-0.1, -0.05) is 19.3 Å². The molecule has 0 aromatic heterocycles. The second-order valence-corrected chi connectivity index (χ2v) is 6.14. The van der Waals surface area contributed by atoms with E-state index in [1.807, 2.05) is 0 Å². The fourth-order valence-electron chi connectivity index (χ4n) is 2.81. The SMILES string of the molecule is C[N+]1(CCCCCCCCS)CCCCC1. The number of hydrogen-bond acceptors (Lipinski definition) is 1. The minimum absolute atomic E-state index is 1.06. The van der Waals surface area contributed by atoms with Gasteiger partial charge >= 0.3 is 0 Å². The molecule has 2 heteroatoms. The minimum atomic E-state index is 1.06. The lowest BCUT2D eigenvalue weighted by atomic mass is 10.1. The normalized spacial score (nSPS) is 19.9. The Labute approximate surface area is 108 Å². The molecule has 1 aliphatic rings. The van der Waals surface area contributed by atoms with Gasteiger partial charge in [-0.25, -0.2) is 0 Å². The van der Waals surface area contributed by atoms with Crippen molar-refractivity contribution in [1.29, 1.82) is 0 Å². The van der Waals surface area contributed by atoms with E-state index >= 15 is 0 Å². The van der Waals surface area contributed by atoms with Crippen molar-refractivity contribution in [2.75, 3.05) is 32.4 Å². The number of likely N-dealkylation sites (tertiary alicyclic amines) is 1. The van der Waals surface area contributed by atoms with E-state index < -0.39 is 0 Å². The van der Waals surface area contributed by atoms with Crippen LogP contribution < -0.4 is 0 Å². The molecule has 1 aliphatic heterocycles. The van der Waals surface area contributed by atoms with Crippen molar-refractivity contribution in [3.8, 4) is 0 Å². The van der Waals surface area contributed by atoms with Crippen LogP contribution in [0.5, 0.6) is 0 Å². The quantitative estimate of drug-likeness (QED) is 0.374. The van der Waals surface area contributed by atoms with Crippen molar-refractivity contribution in [3.05, 3.63) is 0 Å². The second kappa shape index (κ2) is 8.41. The van der Waals surface area contributed by atoms with Crippen LogP contribution in [0.25, 0.3) is 0 Å². The maximum atomic E-state index is 4.24. The van der Waals surface area contributed by atoms with Gasteiger partial charge in [-0.05, 0) is 44.3 Å². The van der Waals surface area contributed by atoms with Crippen LogP contribution in [0.3, 0.4) is 0 Å². The zero-order chi connectivity index (χ0) is 11.7. The first-order valence-corrected chi connectivity index (χ1v) is 7.84. The Balaban J connectivity index is 1.93. The van der Waals surface area contributed by atoms with Gasteiger partial charge in [0.1, 0.15) is 0 Å². The predicted molar refractivity (Wildman–Crippen MR) is 76.2 cm³/mol. The lowest BCUT2D eigenvalue weighted by Gasteiger charge is -2.37. The molecule has 0 amide bonds. The van der Waals surface area contributed by atoms with E-state index in [0.29, 0.717) is 0 Å². The third-order valence-corrected chi connectivity index (χ3v) is 4.32. The largest absolute Gasteiger partial charge is 0.326 e. The predicted octanol–water partition coefficient (Wildman–Crippen LogP) is 3.89. The van der Waals surface area contributed by atoms with Gasteiger partial charge in [0.25, 0.3) is 0 Å². The summed E-state index contributed by atoms with van der Waals surface area (Å²) in [6, 6.07) is 0. The lowest BCUT2D eigenvalue weighted by molar-refractivity contribution is -0.914. The molecular formula is C14H30NS+. The Morgan fingerprint density at radius 2 is 1.38 bits per heavy atom. The van der Waals surface area contributed by atoms with Crippen LogP contribution >= 0.6 is 12.6 Å². The monoisotopic (exact) mass is 244 g/mol. The van der Waals surface area contributed by atoms with Gasteiger partial charge in [-0.15, -0.1) is 0 Å². The van der Waals surface area contributed by atoms with Crippen LogP contribution in [-0.4, -0.2) is 36.9 Å². The van der Waals surface area contributed by atoms with Crippen molar-refractivity contribution in [3.63, 3.8) is 0 Å². The minimum Gasteiger partial charge on any atom is -0.326 e. The average molecular weight is 244 g/mol. The van der Waals surface area contributed by atoms with Crippen LogP contribution in [0.15, 0.2) is 0 Å². The molecule has 0 bridgehead atoms. The summed E-state index contributed by atoms with van der Waals surface area (Å²) >= 11 is 4.24. The first-order valence-electron chi connectivity index (χ1n) is 7.21. The lowest BCUT2D eigenvalue weighted by Crippen LogP contribution is -2.48. The molecule has 1 saturated heterocycles. The Morgan fingerprint density at radius 3 is 2.00 bits per heavy atom. The average Bonchev–Trinajstić information content (AvgIpc) is 2.29. The molecule has 0 N–H and O–H groups in total. The van der Waals surface area contributed by atoms with E-state index in [1.165, 1.54) is 81.9 Å². The van der Waals surface area contributed by atoms with Gasteiger partial charge in [0.05, 0.1) is 26.7 Å². The summed E-state index contributed by atoms with van der Waals surface area (Å²) in [5.41, 5.74) is 0. The number of quaternary nitrogens is 1. The summed E-state index contributed by atoms with van der Waals surface area (Å²) in [5.74, 6) is 1.06. The van der Waals surface area contributed by atoms with Crippen molar-refractivity contribution in [2.45, 2.75) is 57.8 Å². The molecule has 1 fully saturated rings. The summed E-state index contributed by atoms with van der Waals surface area (Å²) in [5, 5.41) is 0. The molecule has 0 radical (unpaired) electrons. The third-order valence-electron chi connectivity index (χ3n) is 4.00. The van der Waals surface area contributed by atoms with E-state index in [9.17, 15) is 0 Å². The summed E-state index contributed by atoms with van der Waals surface area (Å²) in [4.78, 5) is 0. The maximum Gasteiger partial charge on any atom is 0.0784 e. The molecule has 1 heterocycles. The van der Waals surface area contributed by atoms with Crippen LogP contribution in [-0.2, 0) is 0 Å². The topological polar surface area (TPSA) is 0 Å². The van der Waals surface area contributed by atoms with Gasteiger partial charge < -0.3 is 4.48 Å². The molecule has 0 saturated carbocycles. The summed E-state index contributed by atoms with van der Waals surface area (Å²) < 4.78 is 1.36. The van der Waals surface area contributed by atoms with E-state index in [-0.39, 0.29) is 0 Å². The molecule has 0 aromatic rings. The zero-order valence-electron chi connectivity index (χ0n) is 11.1. The van der Waals surface area contributed by atoms with Gasteiger partial charge in [0, 0.05) is 0 Å². The molecule has 1 nitrogen and oxygen atoms in total. The Hall–Kier alpha value is 0.310. The molecule has 16 heavy (non-hydrogen) atoms. The van der Waals surface area contributed by atoms with Crippen LogP contribution in [0, 0.1) is 0 Å². The Kier molecular flexibility index (Phi) is 7.55. The molecule has 0 spiro atoms. The number of unbranched alkanes of at least 4 members (excludes halogenated alkanes) is 5. The number of thiol groups is 1. The summed E-state index contributed by atoms with van der Waals surface area (Å²) in [6.07, 6.45) is 12.8. The molecule has 0 atom stereocenters. The smallest absolute Gasteiger partial charge is 0.0784 e. The van der Waals surface area contributed by atoms with E-state index in [1.54, 1.807) is 0 Å². The van der Waals surface area contributed by atoms with E-state index in [2.05, 4.69) is 19.7 Å². The van der Waals surface area contributed by atoms with Crippen LogP contribution in [0.4, 0.5) is 0 Å². The molecule has 0 unspecified atom stereocenters. The highest BCUT2D eigenvalue weighted by molar-refractivity contribution is 7.80. The highest BCUT2D eigenvalue weighted by Gasteiger charge is 2.23. The van der Waals surface area contributed by atoms with Crippen LogP contribution in [0.2, 0.25) is 0 Å². The van der Waals surface area contributed by atoms with Crippen molar-refractivity contribution < 1.29 is 4.48 Å². The molecule has 0 aliphatic carbocycles. The third kappa shape index (κ3) is 6.15. The van der Waals surface area contributed by atoms with Crippen molar-refractivity contribution in [2.24, 2.45) is 0 Å². The second-order valence-electron chi connectivity index (χ2n) is 5.70. The highest BCUT2D eigenvalue weighted by atomic mass is 32.1. The van der Waals surface area contributed by atoms with Crippen molar-refractivity contribution in [1.82, 2.24) is 0 Å². The molecule has 0 aromatic carbocycles. The maximum absolute atomic E-state index is 4.24. The Morgan fingerprint density at radius 1 is 0.812 bits per heavy atom. The zero-order valence-corrected chi connectivity index (χ0v) is 12.0. The molecule has 1 rings (SSSR count). The first kappa shape index (κ1) is 14.4. The highest BCUT2D eigenvalue weighted by Crippen LogP contribution is 2.17. The van der Waals surface area contributed by atoms with Crippen LogP contribution in [0.1, 0.15) is 57.8 Å². The fraction of sp³-hybridized carbons (Fsp3) is 1.00. The van der Waals surface area contributed by atoms with Gasteiger partial charge in [0.15, 0.2) is 0 Å². The summed E-state index contributed by atoms with van der Waals surface area (Å²) in [6.45, 7) is 4.28. The standard InChI is InChI=1S/C14H29NS/c1-15(12-8-6-9-13-15)11-7-4-2-3-5-10-14-16/h2-14H2,1H3/p+1.